The second-order valence-corrected chi connectivity index (χ2v) is 7.87. The van der Waals surface area contributed by atoms with Crippen molar-refractivity contribution >= 4 is 12.1 Å². The molecular formula is C22H43NO4. The number of carbonyl (C=O) groups excluding carboxylic acids is 2. The first kappa shape index (κ1) is 25.7. The molecule has 0 spiro atoms. The van der Waals surface area contributed by atoms with Gasteiger partial charge in [-0.3, -0.25) is 0 Å². The lowest BCUT2D eigenvalue weighted by Gasteiger charge is -2.18. The average Bonchev–Trinajstić information content (AvgIpc) is 2.64. The van der Waals surface area contributed by atoms with Crippen molar-refractivity contribution in [3.63, 3.8) is 0 Å². The Morgan fingerprint density at radius 3 is 1.74 bits per heavy atom. The highest BCUT2D eigenvalue weighted by Gasteiger charge is 2.23. The Kier molecular flexibility index (Phi) is 17.3. The molecule has 1 amide bonds. The van der Waals surface area contributed by atoms with Gasteiger partial charge in [0.25, 0.3) is 0 Å². The van der Waals surface area contributed by atoms with Crippen LogP contribution in [-0.2, 0) is 14.3 Å². The molecule has 0 saturated carbocycles. The molecule has 0 bridgehead atoms. The summed E-state index contributed by atoms with van der Waals surface area (Å²) in [5, 5.41) is 2.56. The maximum Gasteiger partial charge on any atom is 0.407 e. The zero-order valence-corrected chi connectivity index (χ0v) is 18.2. The van der Waals surface area contributed by atoms with E-state index in [1.807, 2.05) is 13.8 Å². The van der Waals surface area contributed by atoms with Crippen molar-refractivity contribution in [2.75, 3.05) is 13.7 Å². The normalized spacial score (nSPS) is 12.0. The number of hydrogen-bond acceptors (Lipinski definition) is 4. The van der Waals surface area contributed by atoms with E-state index in [4.69, 9.17) is 4.74 Å². The van der Waals surface area contributed by atoms with Crippen molar-refractivity contribution < 1.29 is 19.1 Å². The summed E-state index contributed by atoms with van der Waals surface area (Å²) in [7, 11) is 1.29. The third-order valence-electron chi connectivity index (χ3n) is 4.71. The molecule has 0 aromatic rings. The predicted octanol–water partition coefficient (Wildman–Crippen LogP) is 6.00. The van der Waals surface area contributed by atoms with Gasteiger partial charge in [-0.25, -0.2) is 9.59 Å². The summed E-state index contributed by atoms with van der Waals surface area (Å²) in [6.07, 6.45) is 15.3. The molecule has 5 nitrogen and oxygen atoms in total. The number of amides is 1. The van der Waals surface area contributed by atoms with E-state index in [0.717, 1.165) is 12.8 Å². The van der Waals surface area contributed by atoms with Crippen molar-refractivity contribution in [2.24, 2.45) is 5.92 Å². The van der Waals surface area contributed by atoms with E-state index in [1.165, 1.54) is 71.3 Å². The van der Waals surface area contributed by atoms with Crippen LogP contribution in [0.5, 0.6) is 0 Å². The Morgan fingerprint density at radius 2 is 1.30 bits per heavy atom. The van der Waals surface area contributed by atoms with Crippen LogP contribution in [0.4, 0.5) is 4.79 Å². The van der Waals surface area contributed by atoms with Gasteiger partial charge in [-0.1, -0.05) is 91.4 Å². The Bertz CT molecular complexity index is 371. The third kappa shape index (κ3) is 16.6. The van der Waals surface area contributed by atoms with Crippen LogP contribution in [0.2, 0.25) is 0 Å². The molecular weight excluding hydrogens is 342 g/mol. The van der Waals surface area contributed by atoms with Gasteiger partial charge in [0, 0.05) is 0 Å². The molecule has 0 fully saturated rings. The second kappa shape index (κ2) is 18.1. The average molecular weight is 386 g/mol. The van der Waals surface area contributed by atoms with Crippen molar-refractivity contribution in [3.05, 3.63) is 0 Å². The summed E-state index contributed by atoms with van der Waals surface area (Å²) < 4.78 is 9.91. The standard InChI is InChI=1S/C22H43NO4/c1-5-6-7-8-9-10-11-12-13-14-15-16-17-27-21(24)20(18-19(2)3)23-22(25)26-4/h19-20H,5-18H2,1-4H3,(H,23,25)/t20-/m0/s1. The van der Waals surface area contributed by atoms with Gasteiger partial charge in [0.05, 0.1) is 13.7 Å². The number of methoxy groups -OCH3 is 1. The van der Waals surface area contributed by atoms with E-state index >= 15 is 0 Å². The molecule has 1 atom stereocenters. The van der Waals surface area contributed by atoms with Crippen molar-refractivity contribution in [1.29, 1.82) is 0 Å². The molecule has 0 aliphatic rings. The van der Waals surface area contributed by atoms with Crippen LogP contribution in [0.1, 0.15) is 104 Å². The Hall–Kier alpha value is -1.26. The van der Waals surface area contributed by atoms with Crippen LogP contribution >= 0.6 is 0 Å². The topological polar surface area (TPSA) is 64.6 Å². The van der Waals surface area contributed by atoms with Crippen molar-refractivity contribution in [1.82, 2.24) is 5.32 Å². The second-order valence-electron chi connectivity index (χ2n) is 7.87. The monoisotopic (exact) mass is 385 g/mol. The lowest BCUT2D eigenvalue weighted by Crippen LogP contribution is -2.42. The van der Waals surface area contributed by atoms with Gasteiger partial charge in [0.15, 0.2) is 0 Å². The molecule has 0 unspecified atom stereocenters. The third-order valence-corrected chi connectivity index (χ3v) is 4.71. The molecule has 27 heavy (non-hydrogen) atoms. The molecule has 1 N–H and O–H groups in total. The number of ether oxygens (including phenoxy) is 2. The van der Waals surface area contributed by atoms with Crippen LogP contribution in [0.15, 0.2) is 0 Å². The number of rotatable bonds is 17. The maximum atomic E-state index is 12.1. The molecule has 0 aliphatic carbocycles. The first-order chi connectivity index (χ1) is 13.0. The van der Waals surface area contributed by atoms with Crippen LogP contribution in [0.3, 0.4) is 0 Å². The SMILES string of the molecule is CCCCCCCCCCCCCCOC(=O)[C@H](CC(C)C)NC(=O)OC. The number of alkyl carbamates (subject to hydrolysis) is 1. The molecule has 0 aromatic heterocycles. The summed E-state index contributed by atoms with van der Waals surface area (Å²) in [4.78, 5) is 23.5. The van der Waals surface area contributed by atoms with Gasteiger partial charge in [0.2, 0.25) is 0 Å². The first-order valence-electron chi connectivity index (χ1n) is 11.0. The lowest BCUT2D eigenvalue weighted by atomic mass is 10.0. The van der Waals surface area contributed by atoms with Crippen LogP contribution in [0.25, 0.3) is 0 Å². The van der Waals surface area contributed by atoms with Gasteiger partial charge in [-0.05, 0) is 18.8 Å². The zero-order chi connectivity index (χ0) is 20.3. The largest absolute Gasteiger partial charge is 0.464 e. The fourth-order valence-electron chi connectivity index (χ4n) is 3.10. The number of esters is 1. The van der Waals surface area contributed by atoms with Gasteiger partial charge < -0.3 is 14.8 Å². The molecule has 5 heteroatoms. The quantitative estimate of drug-likeness (QED) is 0.246. The molecule has 0 radical (unpaired) electrons. The van der Waals surface area contributed by atoms with Gasteiger partial charge in [0.1, 0.15) is 6.04 Å². The minimum absolute atomic E-state index is 0.284. The number of nitrogens with one attached hydrogen (secondary N) is 1. The van der Waals surface area contributed by atoms with E-state index in [1.54, 1.807) is 0 Å². The Morgan fingerprint density at radius 1 is 0.815 bits per heavy atom. The Balaban J connectivity index is 3.63. The predicted molar refractivity (Wildman–Crippen MR) is 111 cm³/mol. The zero-order valence-electron chi connectivity index (χ0n) is 18.2. The maximum absolute atomic E-state index is 12.1. The minimum atomic E-state index is -0.630. The fourth-order valence-corrected chi connectivity index (χ4v) is 3.10. The Labute approximate surface area is 167 Å². The van der Waals surface area contributed by atoms with Gasteiger partial charge in [-0.15, -0.1) is 0 Å². The summed E-state index contributed by atoms with van der Waals surface area (Å²) >= 11 is 0. The van der Waals surface area contributed by atoms with E-state index in [0.29, 0.717) is 13.0 Å². The molecule has 0 rings (SSSR count). The highest BCUT2D eigenvalue weighted by molar-refractivity contribution is 5.81. The van der Waals surface area contributed by atoms with Crippen LogP contribution < -0.4 is 5.32 Å². The summed E-state index contributed by atoms with van der Waals surface area (Å²) in [5.41, 5.74) is 0. The van der Waals surface area contributed by atoms with Crippen molar-refractivity contribution in [3.8, 4) is 0 Å². The molecule has 0 aromatic carbocycles. The first-order valence-corrected chi connectivity index (χ1v) is 11.0. The number of unbranched alkanes of at least 4 members (excludes halogenated alkanes) is 11. The molecule has 0 saturated heterocycles. The highest BCUT2D eigenvalue weighted by atomic mass is 16.5. The molecule has 0 aliphatic heterocycles. The fraction of sp³-hybridized carbons (Fsp3) is 0.909. The van der Waals surface area contributed by atoms with E-state index in [2.05, 4.69) is 17.0 Å². The summed E-state index contributed by atoms with van der Waals surface area (Å²) in [5.74, 6) is -0.0801. The number of carbonyl (C=O) groups is 2. The van der Waals surface area contributed by atoms with E-state index < -0.39 is 12.1 Å². The van der Waals surface area contributed by atoms with E-state index in [-0.39, 0.29) is 11.9 Å². The van der Waals surface area contributed by atoms with E-state index in [9.17, 15) is 9.59 Å². The van der Waals surface area contributed by atoms with Crippen LogP contribution in [0, 0.1) is 5.92 Å². The smallest absolute Gasteiger partial charge is 0.407 e. The summed E-state index contributed by atoms with van der Waals surface area (Å²) in [6.45, 7) is 6.69. The minimum Gasteiger partial charge on any atom is -0.464 e. The summed E-state index contributed by atoms with van der Waals surface area (Å²) in [6, 6.07) is -0.630. The van der Waals surface area contributed by atoms with Gasteiger partial charge >= 0.3 is 12.1 Å². The van der Waals surface area contributed by atoms with Gasteiger partial charge in [-0.2, -0.15) is 0 Å². The lowest BCUT2D eigenvalue weighted by molar-refractivity contribution is -0.146. The molecule has 0 heterocycles. The number of hydrogen-bond donors (Lipinski definition) is 1. The highest BCUT2D eigenvalue weighted by Crippen LogP contribution is 2.12. The van der Waals surface area contributed by atoms with Crippen molar-refractivity contribution in [2.45, 2.75) is 110 Å². The molecule has 160 valence electrons. The van der Waals surface area contributed by atoms with Crippen LogP contribution in [-0.4, -0.2) is 31.8 Å².